The largest absolute Gasteiger partial charge is 0.434 e. The highest BCUT2D eigenvalue weighted by atomic mass is 19.3. The van der Waals surface area contributed by atoms with Gasteiger partial charge in [0.2, 0.25) is 5.91 Å². The molecule has 0 spiro atoms. The Kier molecular flexibility index (Phi) is 5.34. The van der Waals surface area contributed by atoms with Crippen LogP contribution in [0.4, 0.5) is 8.78 Å². The second kappa shape index (κ2) is 7.05. The maximum atomic E-state index is 12.4. The van der Waals surface area contributed by atoms with Crippen molar-refractivity contribution in [1.82, 2.24) is 10.6 Å². The van der Waals surface area contributed by atoms with E-state index in [0.717, 1.165) is 19.4 Å². The Morgan fingerprint density at radius 3 is 2.86 bits per heavy atom. The topological polar surface area (TPSA) is 50.4 Å². The number of rotatable bonds is 5. The zero-order valence-electron chi connectivity index (χ0n) is 12.9. The fraction of sp³-hybridized carbons (Fsp3) is 0.562. The molecule has 1 aliphatic heterocycles. The SMILES string of the molecule is CC1(C)CCCNC1C(=O)NCc1ccccc1OC(F)F. The van der Waals surface area contributed by atoms with Gasteiger partial charge < -0.3 is 15.4 Å². The molecule has 0 radical (unpaired) electrons. The van der Waals surface area contributed by atoms with Gasteiger partial charge in [-0.15, -0.1) is 0 Å². The number of carbonyl (C=O) groups excluding carboxylic acids is 1. The van der Waals surface area contributed by atoms with Gasteiger partial charge in [0.25, 0.3) is 0 Å². The second-order valence-corrected chi connectivity index (χ2v) is 6.18. The number of ether oxygens (including phenoxy) is 1. The van der Waals surface area contributed by atoms with Crippen LogP contribution in [0.1, 0.15) is 32.3 Å². The van der Waals surface area contributed by atoms with Gasteiger partial charge in [-0.2, -0.15) is 8.78 Å². The zero-order valence-corrected chi connectivity index (χ0v) is 12.9. The molecule has 0 aromatic heterocycles. The van der Waals surface area contributed by atoms with Crippen LogP contribution in [-0.2, 0) is 11.3 Å². The van der Waals surface area contributed by atoms with E-state index in [1.807, 2.05) is 0 Å². The van der Waals surface area contributed by atoms with Crippen molar-refractivity contribution in [3.63, 3.8) is 0 Å². The maximum absolute atomic E-state index is 12.4. The van der Waals surface area contributed by atoms with E-state index in [2.05, 4.69) is 29.2 Å². The average Bonchev–Trinajstić information content (AvgIpc) is 2.45. The van der Waals surface area contributed by atoms with Crippen LogP contribution < -0.4 is 15.4 Å². The molecule has 0 bridgehead atoms. The number of hydrogen-bond acceptors (Lipinski definition) is 3. The molecule has 122 valence electrons. The van der Waals surface area contributed by atoms with E-state index >= 15 is 0 Å². The number of alkyl halides is 2. The summed E-state index contributed by atoms with van der Waals surface area (Å²) in [4.78, 5) is 12.4. The van der Waals surface area contributed by atoms with Crippen LogP contribution in [0.3, 0.4) is 0 Å². The van der Waals surface area contributed by atoms with Crippen molar-refractivity contribution in [2.24, 2.45) is 5.41 Å². The van der Waals surface area contributed by atoms with Crippen LogP contribution >= 0.6 is 0 Å². The molecule has 1 fully saturated rings. The standard InChI is InChI=1S/C16H22F2N2O2/c1-16(2)8-5-9-19-13(16)14(21)20-10-11-6-3-4-7-12(11)22-15(17)18/h3-4,6-7,13,15,19H,5,8-10H2,1-2H3,(H,20,21). The quantitative estimate of drug-likeness (QED) is 0.879. The van der Waals surface area contributed by atoms with Gasteiger partial charge in [-0.3, -0.25) is 4.79 Å². The Labute approximate surface area is 129 Å². The lowest BCUT2D eigenvalue weighted by molar-refractivity contribution is -0.126. The molecule has 1 atom stereocenters. The molecule has 1 saturated heterocycles. The predicted molar refractivity (Wildman–Crippen MR) is 79.7 cm³/mol. The van der Waals surface area contributed by atoms with Crippen molar-refractivity contribution in [3.8, 4) is 5.75 Å². The summed E-state index contributed by atoms with van der Waals surface area (Å²) >= 11 is 0. The van der Waals surface area contributed by atoms with Gasteiger partial charge in [-0.05, 0) is 30.9 Å². The lowest BCUT2D eigenvalue weighted by Crippen LogP contribution is -2.55. The fourth-order valence-electron chi connectivity index (χ4n) is 2.80. The van der Waals surface area contributed by atoms with Crippen LogP contribution in [0.2, 0.25) is 0 Å². The summed E-state index contributed by atoms with van der Waals surface area (Å²) in [5.74, 6) is -0.0230. The first-order valence-corrected chi connectivity index (χ1v) is 7.44. The van der Waals surface area contributed by atoms with E-state index in [1.54, 1.807) is 18.2 Å². The van der Waals surface area contributed by atoms with Crippen molar-refractivity contribution in [2.45, 2.75) is 45.9 Å². The summed E-state index contributed by atoms with van der Waals surface area (Å²) in [5, 5.41) is 6.04. The first-order valence-electron chi connectivity index (χ1n) is 7.44. The Hall–Kier alpha value is -1.69. The molecule has 6 heteroatoms. The third-order valence-corrected chi connectivity index (χ3v) is 4.03. The average molecular weight is 312 g/mol. The van der Waals surface area contributed by atoms with Crippen molar-refractivity contribution in [2.75, 3.05) is 6.54 Å². The van der Waals surface area contributed by atoms with Gasteiger partial charge in [0.15, 0.2) is 0 Å². The first kappa shape index (κ1) is 16.7. The molecule has 1 aliphatic rings. The number of carbonyl (C=O) groups is 1. The highest BCUT2D eigenvalue weighted by Crippen LogP contribution is 2.30. The van der Waals surface area contributed by atoms with Gasteiger partial charge in [0.1, 0.15) is 5.75 Å². The third kappa shape index (κ3) is 4.16. The van der Waals surface area contributed by atoms with Crippen LogP contribution in [-0.4, -0.2) is 25.1 Å². The van der Waals surface area contributed by atoms with E-state index in [1.165, 1.54) is 6.07 Å². The molecule has 2 N–H and O–H groups in total. The molecule has 1 amide bonds. The molecule has 0 aliphatic carbocycles. The molecular formula is C16H22F2N2O2. The second-order valence-electron chi connectivity index (χ2n) is 6.18. The molecule has 1 aromatic carbocycles. The highest BCUT2D eigenvalue weighted by molar-refractivity contribution is 5.82. The number of benzene rings is 1. The number of hydrogen-bond donors (Lipinski definition) is 2. The molecule has 1 heterocycles. The number of piperidine rings is 1. The molecule has 1 unspecified atom stereocenters. The van der Waals surface area contributed by atoms with Crippen LogP contribution in [0.25, 0.3) is 0 Å². The smallest absolute Gasteiger partial charge is 0.387 e. The third-order valence-electron chi connectivity index (χ3n) is 4.03. The van der Waals surface area contributed by atoms with Crippen molar-refractivity contribution < 1.29 is 18.3 Å². The minimum atomic E-state index is -2.88. The summed E-state index contributed by atoms with van der Waals surface area (Å²) in [5.41, 5.74) is 0.409. The Balaban J connectivity index is 1.99. The Morgan fingerprint density at radius 1 is 1.45 bits per heavy atom. The van der Waals surface area contributed by atoms with Crippen LogP contribution in [0.5, 0.6) is 5.75 Å². The van der Waals surface area contributed by atoms with E-state index in [0.29, 0.717) is 5.56 Å². The number of amides is 1. The van der Waals surface area contributed by atoms with Crippen molar-refractivity contribution in [1.29, 1.82) is 0 Å². The summed E-state index contributed by atoms with van der Waals surface area (Å²) < 4.78 is 29.2. The van der Waals surface area contributed by atoms with Gasteiger partial charge in [-0.1, -0.05) is 32.0 Å². The van der Waals surface area contributed by atoms with Crippen molar-refractivity contribution >= 4 is 5.91 Å². The summed E-state index contributed by atoms with van der Waals surface area (Å²) in [6.07, 6.45) is 2.02. The van der Waals surface area contributed by atoms with Gasteiger partial charge in [-0.25, -0.2) is 0 Å². The van der Waals surface area contributed by atoms with Gasteiger partial charge in [0, 0.05) is 12.1 Å². The Bertz CT molecular complexity index is 521. The minimum Gasteiger partial charge on any atom is -0.434 e. The van der Waals surface area contributed by atoms with Crippen LogP contribution in [0, 0.1) is 5.41 Å². The number of nitrogens with one attached hydrogen (secondary N) is 2. The summed E-state index contributed by atoms with van der Waals surface area (Å²) in [7, 11) is 0. The number of para-hydroxylation sites is 1. The first-order chi connectivity index (χ1) is 10.4. The zero-order chi connectivity index (χ0) is 16.2. The number of halogens is 2. The predicted octanol–water partition coefficient (Wildman–Crippen LogP) is 2.68. The normalized spacial score (nSPS) is 20.7. The van der Waals surface area contributed by atoms with E-state index in [9.17, 15) is 13.6 Å². The lowest BCUT2D eigenvalue weighted by atomic mass is 9.77. The van der Waals surface area contributed by atoms with E-state index < -0.39 is 6.61 Å². The molecule has 1 aromatic rings. The maximum Gasteiger partial charge on any atom is 0.387 e. The molecule has 0 saturated carbocycles. The highest BCUT2D eigenvalue weighted by Gasteiger charge is 2.36. The monoisotopic (exact) mass is 312 g/mol. The van der Waals surface area contributed by atoms with E-state index in [4.69, 9.17) is 0 Å². The lowest BCUT2D eigenvalue weighted by Gasteiger charge is -2.38. The van der Waals surface area contributed by atoms with Gasteiger partial charge in [0.05, 0.1) is 6.04 Å². The molecule has 2 rings (SSSR count). The Morgan fingerprint density at radius 2 is 2.18 bits per heavy atom. The molecule has 22 heavy (non-hydrogen) atoms. The van der Waals surface area contributed by atoms with Crippen LogP contribution in [0.15, 0.2) is 24.3 Å². The fourth-order valence-corrected chi connectivity index (χ4v) is 2.80. The summed E-state index contributed by atoms with van der Waals surface area (Å²) in [6, 6.07) is 6.20. The summed E-state index contributed by atoms with van der Waals surface area (Å²) in [6.45, 7) is 2.20. The minimum absolute atomic E-state index is 0.0914. The van der Waals surface area contributed by atoms with E-state index in [-0.39, 0.29) is 29.7 Å². The molecular weight excluding hydrogens is 290 g/mol. The van der Waals surface area contributed by atoms with Gasteiger partial charge >= 0.3 is 6.61 Å². The molecule has 4 nitrogen and oxygen atoms in total. The van der Waals surface area contributed by atoms with Crippen molar-refractivity contribution in [3.05, 3.63) is 29.8 Å².